The molecule has 0 spiro atoms. The van der Waals surface area contributed by atoms with Gasteiger partial charge in [-0.25, -0.2) is 0 Å². The van der Waals surface area contributed by atoms with Crippen LogP contribution >= 0.6 is 0 Å². The molecule has 9 nitrogen and oxygen atoms in total. The van der Waals surface area contributed by atoms with Crippen molar-refractivity contribution in [1.29, 1.82) is 0 Å². The molecule has 2 aliphatic rings. The summed E-state index contributed by atoms with van der Waals surface area (Å²) < 4.78 is 18.6. The van der Waals surface area contributed by atoms with E-state index < -0.39 is 12.3 Å². The summed E-state index contributed by atoms with van der Waals surface area (Å²) in [4.78, 5) is 25.3. The van der Waals surface area contributed by atoms with Gasteiger partial charge in [-0.2, -0.15) is 0 Å². The highest BCUT2D eigenvalue weighted by molar-refractivity contribution is 5.76. The SMILES string of the molecule is O=C(O)CCCCCCC(=O)NCc1cccc(-c2ccc(C3OC(CN4CCOCC4)CC(c4ccc(CO)cc4)O3)cc2)c1. The van der Waals surface area contributed by atoms with Crippen LogP contribution in [0.2, 0.25) is 0 Å². The Morgan fingerprint density at radius 1 is 0.804 bits per heavy atom. The third-order valence-corrected chi connectivity index (χ3v) is 8.66. The molecule has 2 heterocycles. The number of carbonyl (C=O) groups excluding carboxylic acids is 1. The number of nitrogens with one attached hydrogen (secondary N) is 1. The zero-order valence-electron chi connectivity index (χ0n) is 26.4. The first kappa shape index (κ1) is 33.8. The van der Waals surface area contributed by atoms with Crippen molar-refractivity contribution >= 4 is 11.9 Å². The number of aliphatic hydroxyl groups is 1. The number of benzene rings is 3. The molecule has 3 atom stereocenters. The van der Waals surface area contributed by atoms with Crippen molar-refractivity contribution in [3.63, 3.8) is 0 Å². The fraction of sp³-hybridized carbons (Fsp3) is 0.459. The summed E-state index contributed by atoms with van der Waals surface area (Å²) >= 11 is 0. The van der Waals surface area contributed by atoms with Gasteiger partial charge in [0.2, 0.25) is 5.91 Å². The molecule has 246 valence electrons. The molecular weight excluding hydrogens is 584 g/mol. The molecule has 3 aromatic carbocycles. The Bertz CT molecular complexity index is 1390. The van der Waals surface area contributed by atoms with Gasteiger partial charge in [-0.3, -0.25) is 14.5 Å². The van der Waals surface area contributed by atoms with Gasteiger partial charge in [-0.1, -0.05) is 79.6 Å². The van der Waals surface area contributed by atoms with Crippen LogP contribution in [-0.2, 0) is 37.0 Å². The van der Waals surface area contributed by atoms with E-state index in [4.69, 9.17) is 19.3 Å². The van der Waals surface area contributed by atoms with Gasteiger partial charge in [0, 0.05) is 51.0 Å². The maximum absolute atomic E-state index is 12.3. The molecular formula is C37H46N2O7. The number of carboxylic acids is 1. The first-order chi connectivity index (χ1) is 22.5. The minimum atomic E-state index is -0.771. The van der Waals surface area contributed by atoms with E-state index >= 15 is 0 Å². The molecule has 0 radical (unpaired) electrons. The van der Waals surface area contributed by atoms with Crippen molar-refractivity contribution in [2.75, 3.05) is 32.8 Å². The molecule has 1 amide bonds. The Hall–Kier alpha value is -3.60. The summed E-state index contributed by atoms with van der Waals surface area (Å²) in [6.45, 7) is 4.57. The van der Waals surface area contributed by atoms with E-state index in [-0.39, 0.29) is 31.1 Å². The molecule has 9 heteroatoms. The van der Waals surface area contributed by atoms with E-state index in [1.54, 1.807) is 0 Å². The monoisotopic (exact) mass is 630 g/mol. The van der Waals surface area contributed by atoms with Crippen LogP contribution in [0.15, 0.2) is 72.8 Å². The Balaban J connectivity index is 1.19. The Morgan fingerprint density at radius 2 is 1.52 bits per heavy atom. The molecule has 0 bridgehead atoms. The molecule has 3 unspecified atom stereocenters. The average Bonchev–Trinajstić information content (AvgIpc) is 3.09. The van der Waals surface area contributed by atoms with Crippen LogP contribution in [0.3, 0.4) is 0 Å². The number of carboxylic acid groups (broad SMARTS) is 1. The molecule has 0 aliphatic carbocycles. The minimum Gasteiger partial charge on any atom is -0.481 e. The first-order valence-electron chi connectivity index (χ1n) is 16.5. The summed E-state index contributed by atoms with van der Waals surface area (Å²) in [6.07, 6.45) is 3.86. The molecule has 0 aromatic heterocycles. The Kier molecular flexibility index (Phi) is 12.7. The van der Waals surface area contributed by atoms with E-state index in [1.165, 1.54) is 0 Å². The van der Waals surface area contributed by atoms with E-state index in [1.807, 2.05) is 36.4 Å². The van der Waals surface area contributed by atoms with E-state index in [0.717, 1.165) is 91.9 Å². The number of aliphatic hydroxyl groups excluding tert-OH is 1. The third-order valence-electron chi connectivity index (χ3n) is 8.66. The third kappa shape index (κ3) is 10.2. The van der Waals surface area contributed by atoms with Crippen LogP contribution in [0.5, 0.6) is 0 Å². The van der Waals surface area contributed by atoms with Crippen LogP contribution in [0.1, 0.15) is 79.6 Å². The normalized spacial score (nSPS) is 20.3. The molecule has 3 aromatic rings. The number of carbonyl (C=O) groups is 2. The molecule has 46 heavy (non-hydrogen) atoms. The smallest absolute Gasteiger partial charge is 0.303 e. The number of morpholine rings is 1. The number of ether oxygens (including phenoxy) is 3. The van der Waals surface area contributed by atoms with Gasteiger partial charge in [0.15, 0.2) is 6.29 Å². The number of aliphatic carboxylic acids is 1. The quantitative estimate of drug-likeness (QED) is 0.181. The van der Waals surface area contributed by atoms with Crippen molar-refractivity contribution in [3.8, 4) is 11.1 Å². The molecule has 2 saturated heterocycles. The lowest BCUT2D eigenvalue weighted by molar-refractivity contribution is -0.253. The Labute approximate surface area is 271 Å². The second-order valence-electron chi connectivity index (χ2n) is 12.2. The molecule has 2 fully saturated rings. The van der Waals surface area contributed by atoms with Crippen molar-refractivity contribution in [2.45, 2.75) is 76.6 Å². The fourth-order valence-corrected chi connectivity index (χ4v) is 6.00. The topological polar surface area (TPSA) is 118 Å². The zero-order chi connectivity index (χ0) is 32.1. The summed E-state index contributed by atoms with van der Waals surface area (Å²) in [7, 11) is 0. The first-order valence-corrected chi connectivity index (χ1v) is 16.5. The predicted octanol–water partition coefficient (Wildman–Crippen LogP) is 5.76. The van der Waals surface area contributed by atoms with Crippen molar-refractivity contribution in [2.24, 2.45) is 0 Å². The zero-order valence-corrected chi connectivity index (χ0v) is 26.4. The van der Waals surface area contributed by atoms with Crippen LogP contribution in [-0.4, -0.2) is 65.9 Å². The summed E-state index contributed by atoms with van der Waals surface area (Å²) in [5.74, 6) is -0.762. The van der Waals surface area contributed by atoms with Gasteiger partial charge in [0.25, 0.3) is 0 Å². The number of rotatable bonds is 15. The fourth-order valence-electron chi connectivity index (χ4n) is 6.00. The molecule has 2 aliphatic heterocycles. The van der Waals surface area contributed by atoms with Crippen LogP contribution < -0.4 is 5.32 Å². The number of nitrogens with zero attached hydrogens (tertiary/aromatic N) is 1. The summed E-state index contributed by atoms with van der Waals surface area (Å²) in [5, 5.41) is 21.2. The van der Waals surface area contributed by atoms with Crippen LogP contribution in [0, 0.1) is 0 Å². The summed E-state index contributed by atoms with van der Waals surface area (Å²) in [5.41, 5.74) is 6.06. The standard InChI is InChI=1S/C37H46N2O7/c40-26-27-10-12-30(13-11-27)34-23-33(25-39-18-20-44-21-19-39)45-37(46-34)31-16-14-29(15-17-31)32-7-5-6-28(22-32)24-38-35(41)8-3-1-2-4-9-36(42)43/h5-7,10-17,22,33-34,37,40H,1-4,8-9,18-21,23-26H2,(H,38,41)(H,42,43). The van der Waals surface area contributed by atoms with E-state index in [9.17, 15) is 14.7 Å². The van der Waals surface area contributed by atoms with Gasteiger partial charge in [-0.15, -0.1) is 0 Å². The highest BCUT2D eigenvalue weighted by Crippen LogP contribution is 2.38. The Morgan fingerprint density at radius 3 is 2.24 bits per heavy atom. The molecule has 0 saturated carbocycles. The van der Waals surface area contributed by atoms with Gasteiger partial charge in [0.1, 0.15) is 0 Å². The highest BCUT2D eigenvalue weighted by atomic mass is 16.7. The van der Waals surface area contributed by atoms with E-state index in [2.05, 4.69) is 46.6 Å². The number of amides is 1. The number of hydrogen-bond acceptors (Lipinski definition) is 7. The molecule has 3 N–H and O–H groups in total. The number of unbranched alkanes of at least 4 members (excludes halogenated alkanes) is 3. The lowest BCUT2D eigenvalue weighted by Crippen LogP contribution is -2.44. The van der Waals surface area contributed by atoms with Gasteiger partial charge < -0.3 is 29.7 Å². The lowest BCUT2D eigenvalue weighted by atomic mass is 9.99. The second-order valence-corrected chi connectivity index (χ2v) is 12.2. The van der Waals surface area contributed by atoms with Gasteiger partial charge in [-0.05, 0) is 46.7 Å². The van der Waals surface area contributed by atoms with Crippen molar-refractivity contribution in [3.05, 3.63) is 95.1 Å². The van der Waals surface area contributed by atoms with Gasteiger partial charge >= 0.3 is 5.97 Å². The lowest BCUT2D eigenvalue weighted by Gasteiger charge is -2.39. The van der Waals surface area contributed by atoms with E-state index in [0.29, 0.717) is 19.4 Å². The number of hydrogen-bond donors (Lipinski definition) is 3. The average molecular weight is 631 g/mol. The summed E-state index contributed by atoms with van der Waals surface area (Å²) in [6, 6.07) is 24.4. The predicted molar refractivity (Wildman–Crippen MR) is 175 cm³/mol. The van der Waals surface area contributed by atoms with Crippen molar-refractivity contribution < 1.29 is 34.0 Å². The maximum Gasteiger partial charge on any atom is 0.303 e. The maximum atomic E-state index is 12.3. The second kappa shape index (κ2) is 17.4. The largest absolute Gasteiger partial charge is 0.481 e. The van der Waals surface area contributed by atoms with Crippen LogP contribution in [0.4, 0.5) is 0 Å². The van der Waals surface area contributed by atoms with Gasteiger partial charge in [0.05, 0.1) is 32.0 Å². The van der Waals surface area contributed by atoms with Crippen LogP contribution in [0.25, 0.3) is 11.1 Å². The highest BCUT2D eigenvalue weighted by Gasteiger charge is 2.33. The van der Waals surface area contributed by atoms with Crippen molar-refractivity contribution in [1.82, 2.24) is 10.2 Å². The minimum absolute atomic E-state index is 0.00266. The molecule has 5 rings (SSSR count).